The third-order valence-electron chi connectivity index (χ3n) is 16.7. The van der Waals surface area contributed by atoms with Crippen molar-refractivity contribution in [2.75, 3.05) is 86.1 Å². The van der Waals surface area contributed by atoms with Gasteiger partial charge in [-0.05, 0) is 118 Å². The average molecular weight is 1020 g/mol. The Morgan fingerprint density at radius 3 is 2.44 bits per heavy atom. The highest BCUT2D eigenvalue weighted by Gasteiger charge is 2.44. The fourth-order valence-electron chi connectivity index (χ4n) is 12.3. The number of halogens is 3. The lowest BCUT2D eigenvalue weighted by Crippen LogP contribution is -2.45. The Kier molecular flexibility index (Phi) is 16.5. The number of rotatable bonds is 13. The summed E-state index contributed by atoms with van der Waals surface area (Å²) in [6.45, 7) is 12.7. The fourth-order valence-corrected chi connectivity index (χ4v) is 12.6. The van der Waals surface area contributed by atoms with Gasteiger partial charge in [-0.3, -0.25) is 14.6 Å². The van der Waals surface area contributed by atoms with Crippen LogP contribution in [0.3, 0.4) is 0 Å². The molecule has 0 bridgehead atoms. The highest BCUT2D eigenvalue weighted by atomic mass is 35.5. The van der Waals surface area contributed by atoms with Gasteiger partial charge in [-0.1, -0.05) is 49.1 Å². The number of fused-ring (bicyclic) bond motifs is 1. The zero-order chi connectivity index (χ0) is 51.2. The molecular weight excluding hydrogens is 944 g/mol. The van der Waals surface area contributed by atoms with Crippen LogP contribution in [0.4, 0.5) is 31.9 Å². The van der Waals surface area contributed by atoms with Gasteiger partial charge in [0.1, 0.15) is 6.07 Å². The maximum atomic E-state index is 13.5. The minimum absolute atomic E-state index is 0.0250. The number of aromatic nitrogens is 6. The van der Waals surface area contributed by atoms with Gasteiger partial charge in [0.15, 0.2) is 17.5 Å². The van der Waals surface area contributed by atoms with Crippen molar-refractivity contribution in [3.05, 3.63) is 93.9 Å². The van der Waals surface area contributed by atoms with Crippen molar-refractivity contribution in [2.45, 2.75) is 122 Å². The number of benzene rings is 2. The number of aromatic amines is 1. The first-order valence-corrected chi connectivity index (χ1v) is 27.1. The van der Waals surface area contributed by atoms with Crippen LogP contribution in [0.5, 0.6) is 0 Å². The van der Waals surface area contributed by atoms with E-state index in [0.29, 0.717) is 52.3 Å². The second-order valence-electron chi connectivity index (χ2n) is 21.7. The van der Waals surface area contributed by atoms with Gasteiger partial charge in [-0.25, -0.2) is 8.78 Å². The summed E-state index contributed by atoms with van der Waals surface area (Å²) < 4.78 is 28.6. The first-order chi connectivity index (χ1) is 35.3. The molecule has 7 heterocycles. The van der Waals surface area contributed by atoms with Crippen LogP contribution < -0.4 is 19.6 Å². The van der Waals surface area contributed by atoms with Crippen molar-refractivity contribution in [2.24, 2.45) is 18.4 Å². The second kappa shape index (κ2) is 23.2. The number of carbonyl (C=O) groups is 1. The summed E-state index contributed by atoms with van der Waals surface area (Å²) in [5, 5.41) is 30.9. The third kappa shape index (κ3) is 12.3. The molecule has 1 spiro atoms. The Hall–Kier alpha value is -5.79. The molecule has 3 saturated heterocycles. The fraction of sp³-hybridized carbons (Fsp3) is 0.571. The third-order valence-corrected chi connectivity index (χ3v) is 17.0. The molecule has 14 nitrogen and oxygen atoms in total. The lowest BCUT2D eigenvalue weighted by atomic mass is 9.77. The molecule has 3 aromatic heterocycles. The summed E-state index contributed by atoms with van der Waals surface area (Å²) in [5.74, 6) is 3.87. The molecule has 1 aliphatic carbocycles. The van der Waals surface area contributed by atoms with Gasteiger partial charge in [0.2, 0.25) is 5.91 Å². The highest BCUT2D eigenvalue weighted by Crippen LogP contribution is 2.46. The standard InChI is InChI=1S/C33H46ClN7.C23H28F2N6O/c1-25-21-33(24-41(25)29-9-8-27(22-35)30(34)20-29)14-18-40(19-15-33)32-11-10-31(36-37-32)38(2)28-12-16-39(17-13-28)23-26-6-4-3-5-7-26;1-15(32)31-10-8-21-20(14-31)23(28-27-21)29(2)9-4-5-16-6-7-18(22(24)25)19(11-16)17-12-26-30(3)13-17/h8-11,20,25-26,28H,3-7,12-19,21,23-24H2,1-2H3;6-7,11-13,22H,4-5,8-10,14H2,1-3H3,(H,27,28). The summed E-state index contributed by atoms with van der Waals surface area (Å²) in [4.78, 5) is 25.7. The van der Waals surface area contributed by atoms with E-state index in [4.69, 9.17) is 21.8 Å². The van der Waals surface area contributed by atoms with Gasteiger partial charge in [0.25, 0.3) is 6.43 Å². The van der Waals surface area contributed by atoms with Gasteiger partial charge < -0.3 is 29.4 Å². The van der Waals surface area contributed by atoms with Crippen molar-refractivity contribution in [3.8, 4) is 17.2 Å². The predicted octanol–water partition coefficient (Wildman–Crippen LogP) is 10.1. The molecule has 1 saturated carbocycles. The first-order valence-electron chi connectivity index (χ1n) is 26.7. The first kappa shape index (κ1) is 52.1. The van der Waals surface area contributed by atoms with Crippen molar-refractivity contribution in [3.63, 3.8) is 0 Å². The SMILES string of the molecule is CC(=O)N1CCc2[nH]nc(N(C)CCCc3ccc(C(F)F)c(-c4cnn(C)c4)c3)c2C1.CC1CC2(CCN(c3ccc(N(C)C4CCN(CC5CCCCC5)CC4)nn3)CC2)CN1c1ccc(C#N)c(Cl)c1. The van der Waals surface area contributed by atoms with Crippen molar-refractivity contribution < 1.29 is 13.6 Å². The Balaban J connectivity index is 0.000000186. The molecule has 4 fully saturated rings. The number of hydrogen-bond donors (Lipinski definition) is 1. The van der Waals surface area contributed by atoms with Crippen LogP contribution in [0.2, 0.25) is 5.02 Å². The number of carbonyl (C=O) groups excluding carboxylic acids is 1. The molecule has 17 heteroatoms. The molecule has 1 unspecified atom stereocenters. The topological polar surface area (TPSA) is 133 Å². The molecule has 10 rings (SSSR count). The van der Waals surface area contributed by atoms with Crippen LogP contribution in [0, 0.1) is 22.7 Å². The molecule has 1 atom stereocenters. The van der Waals surface area contributed by atoms with Crippen LogP contribution in [0.25, 0.3) is 11.1 Å². The van der Waals surface area contributed by atoms with E-state index >= 15 is 0 Å². The van der Waals surface area contributed by atoms with E-state index < -0.39 is 6.43 Å². The van der Waals surface area contributed by atoms with Crippen LogP contribution >= 0.6 is 11.6 Å². The van der Waals surface area contributed by atoms with Crippen molar-refractivity contribution in [1.29, 1.82) is 5.26 Å². The van der Waals surface area contributed by atoms with Gasteiger partial charge in [-0.2, -0.15) is 15.5 Å². The van der Waals surface area contributed by atoms with E-state index in [9.17, 15) is 18.8 Å². The van der Waals surface area contributed by atoms with Crippen LogP contribution in [0.15, 0.2) is 60.9 Å². The Labute approximate surface area is 435 Å². The molecule has 73 heavy (non-hydrogen) atoms. The van der Waals surface area contributed by atoms with Crippen molar-refractivity contribution >= 4 is 40.6 Å². The number of hydrogen-bond acceptors (Lipinski definition) is 11. The maximum absolute atomic E-state index is 13.5. The Bertz CT molecular complexity index is 2680. The Morgan fingerprint density at radius 2 is 1.77 bits per heavy atom. The molecule has 1 N–H and O–H groups in total. The molecule has 5 aromatic rings. The molecule has 4 aliphatic heterocycles. The summed E-state index contributed by atoms with van der Waals surface area (Å²) in [5.41, 5.74) is 6.41. The number of nitrogens with one attached hydrogen (secondary N) is 1. The predicted molar refractivity (Wildman–Crippen MR) is 287 cm³/mol. The summed E-state index contributed by atoms with van der Waals surface area (Å²) in [6.07, 6.45) is 16.3. The van der Waals surface area contributed by atoms with Crippen LogP contribution in [0.1, 0.15) is 119 Å². The van der Waals surface area contributed by atoms with E-state index in [1.807, 2.05) is 36.2 Å². The number of aryl methyl sites for hydroxylation is 2. The van der Waals surface area contributed by atoms with Crippen LogP contribution in [-0.4, -0.2) is 124 Å². The van der Waals surface area contributed by atoms with Gasteiger partial charge >= 0.3 is 0 Å². The van der Waals surface area contributed by atoms with E-state index in [2.05, 4.69) is 72.0 Å². The zero-order valence-corrected chi connectivity index (χ0v) is 44.3. The molecule has 0 radical (unpaired) electrons. The highest BCUT2D eigenvalue weighted by molar-refractivity contribution is 6.32. The monoisotopic (exact) mass is 1020 g/mol. The number of H-pyrrole nitrogens is 1. The molecular formula is C56H74ClF2N13O. The molecule has 390 valence electrons. The summed E-state index contributed by atoms with van der Waals surface area (Å²) >= 11 is 6.36. The normalized spacial score (nSPS) is 19.5. The summed E-state index contributed by atoms with van der Waals surface area (Å²) in [6, 6.07) is 18.5. The molecule has 2 aromatic carbocycles. The zero-order valence-electron chi connectivity index (χ0n) is 43.5. The lowest BCUT2D eigenvalue weighted by Gasteiger charge is -2.40. The number of alkyl halides is 2. The lowest BCUT2D eigenvalue weighted by molar-refractivity contribution is -0.129. The van der Waals surface area contributed by atoms with Gasteiger partial charge in [0.05, 0.1) is 23.3 Å². The van der Waals surface area contributed by atoms with E-state index in [0.717, 1.165) is 104 Å². The van der Waals surface area contributed by atoms with Crippen LogP contribution in [-0.2, 0) is 31.2 Å². The smallest absolute Gasteiger partial charge is 0.264 e. The number of nitrogens with zero attached hydrogens (tertiary/aromatic N) is 12. The number of nitriles is 1. The van der Waals surface area contributed by atoms with Crippen molar-refractivity contribution in [1.82, 2.24) is 40.0 Å². The largest absolute Gasteiger partial charge is 0.368 e. The van der Waals surface area contributed by atoms with E-state index in [-0.39, 0.29) is 11.5 Å². The Morgan fingerprint density at radius 1 is 0.986 bits per heavy atom. The summed E-state index contributed by atoms with van der Waals surface area (Å²) in [7, 11) is 5.96. The maximum Gasteiger partial charge on any atom is 0.264 e. The number of anilines is 4. The average Bonchev–Trinajstić information content (AvgIpc) is 4.13. The molecule has 5 aliphatic rings. The van der Waals surface area contributed by atoms with E-state index in [1.165, 1.54) is 77.1 Å². The minimum Gasteiger partial charge on any atom is -0.368 e. The second-order valence-corrected chi connectivity index (χ2v) is 22.1. The number of likely N-dealkylation sites (tertiary alicyclic amines) is 1. The number of piperidine rings is 2. The minimum atomic E-state index is -2.54. The van der Waals surface area contributed by atoms with Gasteiger partial charge in [0, 0.05) is 133 Å². The van der Waals surface area contributed by atoms with E-state index in [1.54, 1.807) is 37.1 Å². The molecule has 1 amide bonds. The van der Waals surface area contributed by atoms with Gasteiger partial charge in [-0.15, -0.1) is 10.2 Å². The number of amides is 1. The quantitative estimate of drug-likeness (QED) is 0.121.